The summed E-state index contributed by atoms with van der Waals surface area (Å²) in [6.07, 6.45) is -4.62. The highest BCUT2D eigenvalue weighted by Crippen LogP contribution is 2.32. The Bertz CT molecular complexity index is 697. The lowest BCUT2D eigenvalue weighted by Crippen LogP contribution is -2.55. The molecule has 2 N–H and O–H groups in total. The van der Waals surface area contributed by atoms with Crippen molar-refractivity contribution in [3.63, 3.8) is 0 Å². The van der Waals surface area contributed by atoms with E-state index in [1.54, 1.807) is 0 Å². The molecule has 2 rings (SSSR count). The minimum absolute atomic E-state index is 0.0550. The zero-order chi connectivity index (χ0) is 22.3. The Morgan fingerprint density at radius 3 is 2.37 bits per heavy atom. The number of piperazine rings is 1. The van der Waals surface area contributed by atoms with E-state index in [1.807, 2.05) is 6.92 Å². The van der Waals surface area contributed by atoms with Crippen molar-refractivity contribution in [1.29, 1.82) is 0 Å². The van der Waals surface area contributed by atoms with Crippen molar-refractivity contribution in [3.05, 3.63) is 35.1 Å². The number of likely N-dealkylation sites (N-methyl/N-ethyl adjacent to an activating group) is 1. The highest BCUT2D eigenvalue weighted by molar-refractivity contribution is 5.79. The van der Waals surface area contributed by atoms with Crippen LogP contribution in [0.4, 0.5) is 17.6 Å². The van der Waals surface area contributed by atoms with Gasteiger partial charge in [0.15, 0.2) is 5.96 Å². The van der Waals surface area contributed by atoms with Crippen LogP contribution in [0.15, 0.2) is 23.2 Å². The van der Waals surface area contributed by atoms with Crippen LogP contribution in [0.3, 0.4) is 0 Å². The summed E-state index contributed by atoms with van der Waals surface area (Å²) in [5, 5.41) is 6.36. The molecule has 0 aliphatic carbocycles. The van der Waals surface area contributed by atoms with Crippen molar-refractivity contribution in [1.82, 2.24) is 20.4 Å². The summed E-state index contributed by atoms with van der Waals surface area (Å²) < 4.78 is 53.0. The molecule has 1 atom stereocenters. The van der Waals surface area contributed by atoms with Crippen LogP contribution in [-0.2, 0) is 12.7 Å². The SMILES string of the molecule is CCNC(=NCc1ccc(F)cc1C(F)(F)F)NCC(C(C)C)N1CCN(C)CC1. The number of hydrogen-bond acceptors (Lipinski definition) is 3. The molecule has 0 aromatic heterocycles. The second-order valence-electron chi connectivity index (χ2n) is 8.03. The first-order valence-electron chi connectivity index (χ1n) is 10.4. The summed E-state index contributed by atoms with van der Waals surface area (Å²) in [7, 11) is 2.11. The maximum atomic E-state index is 13.3. The Morgan fingerprint density at radius 2 is 1.80 bits per heavy atom. The van der Waals surface area contributed by atoms with E-state index in [0.29, 0.717) is 37.1 Å². The van der Waals surface area contributed by atoms with Gasteiger partial charge in [-0.1, -0.05) is 19.9 Å². The molecule has 1 saturated heterocycles. The summed E-state index contributed by atoms with van der Waals surface area (Å²) in [5.74, 6) is -0.0421. The molecule has 1 unspecified atom stereocenters. The molecule has 0 saturated carbocycles. The maximum absolute atomic E-state index is 13.3. The molecular weight excluding hydrogens is 398 g/mol. The van der Waals surface area contributed by atoms with Crippen LogP contribution in [-0.4, -0.2) is 68.1 Å². The zero-order valence-corrected chi connectivity index (χ0v) is 18.2. The molecule has 1 aliphatic heterocycles. The van der Waals surface area contributed by atoms with Gasteiger partial charge in [-0.15, -0.1) is 0 Å². The average Bonchev–Trinajstić information content (AvgIpc) is 2.67. The van der Waals surface area contributed by atoms with Crippen LogP contribution in [0.1, 0.15) is 31.9 Å². The van der Waals surface area contributed by atoms with Gasteiger partial charge in [0.2, 0.25) is 0 Å². The average molecular weight is 432 g/mol. The number of alkyl halides is 3. The highest BCUT2D eigenvalue weighted by atomic mass is 19.4. The fourth-order valence-corrected chi connectivity index (χ4v) is 3.60. The Morgan fingerprint density at radius 1 is 1.13 bits per heavy atom. The van der Waals surface area contributed by atoms with Crippen LogP contribution in [0.2, 0.25) is 0 Å². The third-order valence-electron chi connectivity index (χ3n) is 5.38. The quantitative estimate of drug-likeness (QED) is 0.395. The molecule has 1 aromatic carbocycles. The van der Waals surface area contributed by atoms with E-state index >= 15 is 0 Å². The van der Waals surface area contributed by atoms with Crippen molar-refractivity contribution in [2.24, 2.45) is 10.9 Å². The number of nitrogens with one attached hydrogen (secondary N) is 2. The minimum atomic E-state index is -4.62. The van der Waals surface area contributed by atoms with E-state index in [2.05, 4.69) is 46.3 Å². The van der Waals surface area contributed by atoms with Crippen molar-refractivity contribution < 1.29 is 17.6 Å². The second-order valence-corrected chi connectivity index (χ2v) is 8.03. The molecule has 170 valence electrons. The molecule has 0 spiro atoms. The van der Waals surface area contributed by atoms with Crippen LogP contribution in [0, 0.1) is 11.7 Å². The van der Waals surface area contributed by atoms with Gasteiger partial charge >= 0.3 is 6.18 Å². The van der Waals surface area contributed by atoms with Gasteiger partial charge < -0.3 is 15.5 Å². The van der Waals surface area contributed by atoms with E-state index < -0.39 is 17.6 Å². The largest absolute Gasteiger partial charge is 0.416 e. The predicted molar refractivity (Wildman–Crippen MR) is 112 cm³/mol. The zero-order valence-electron chi connectivity index (χ0n) is 18.2. The van der Waals surface area contributed by atoms with Crippen molar-refractivity contribution >= 4 is 5.96 Å². The molecule has 1 fully saturated rings. The number of nitrogens with zero attached hydrogens (tertiary/aromatic N) is 3. The molecule has 9 heteroatoms. The normalized spacial score (nSPS) is 18.0. The molecular formula is C21H33F4N5. The summed E-state index contributed by atoms with van der Waals surface area (Å²) in [6, 6.07) is 2.99. The lowest BCUT2D eigenvalue weighted by molar-refractivity contribution is -0.138. The molecule has 1 aromatic rings. The second kappa shape index (κ2) is 10.9. The summed E-state index contributed by atoms with van der Waals surface area (Å²) >= 11 is 0. The molecule has 5 nitrogen and oxygen atoms in total. The Balaban J connectivity index is 2.09. The Kier molecular flexibility index (Phi) is 8.91. The monoisotopic (exact) mass is 431 g/mol. The lowest BCUT2D eigenvalue weighted by atomic mass is 10.0. The van der Waals surface area contributed by atoms with E-state index in [9.17, 15) is 17.6 Å². The van der Waals surface area contributed by atoms with E-state index in [4.69, 9.17) is 0 Å². The van der Waals surface area contributed by atoms with E-state index in [-0.39, 0.29) is 12.1 Å². The van der Waals surface area contributed by atoms with Crippen LogP contribution in [0.25, 0.3) is 0 Å². The standard InChI is InChI=1S/C21H33F4N5/c1-5-26-20(27-13-16-6-7-17(22)12-18(16)21(23,24)25)28-14-19(15(2)3)30-10-8-29(4)9-11-30/h6-7,12,15,19H,5,8-11,13-14H2,1-4H3,(H2,26,27,28). The maximum Gasteiger partial charge on any atom is 0.416 e. The van der Waals surface area contributed by atoms with Gasteiger partial charge in [-0.2, -0.15) is 13.2 Å². The van der Waals surface area contributed by atoms with Crippen LogP contribution < -0.4 is 10.6 Å². The van der Waals surface area contributed by atoms with Gasteiger partial charge in [0.1, 0.15) is 5.82 Å². The molecule has 0 radical (unpaired) electrons. The topological polar surface area (TPSA) is 42.9 Å². The highest BCUT2D eigenvalue weighted by Gasteiger charge is 2.33. The van der Waals surface area contributed by atoms with Gasteiger partial charge in [-0.3, -0.25) is 4.90 Å². The lowest BCUT2D eigenvalue weighted by Gasteiger charge is -2.40. The first-order valence-corrected chi connectivity index (χ1v) is 10.4. The number of hydrogen-bond donors (Lipinski definition) is 2. The first kappa shape index (κ1) is 24.4. The third-order valence-corrected chi connectivity index (χ3v) is 5.38. The van der Waals surface area contributed by atoms with E-state index in [1.165, 1.54) is 0 Å². The summed E-state index contributed by atoms with van der Waals surface area (Å²) in [6.45, 7) is 11.3. The van der Waals surface area contributed by atoms with E-state index in [0.717, 1.165) is 38.3 Å². The molecule has 1 heterocycles. The molecule has 1 aliphatic rings. The number of rotatable bonds is 7. The van der Waals surface area contributed by atoms with Crippen molar-refractivity contribution in [3.8, 4) is 0 Å². The van der Waals surface area contributed by atoms with Crippen molar-refractivity contribution in [2.45, 2.75) is 39.5 Å². The smallest absolute Gasteiger partial charge is 0.357 e. The molecule has 0 amide bonds. The van der Waals surface area contributed by atoms with Gasteiger partial charge in [0.25, 0.3) is 0 Å². The van der Waals surface area contributed by atoms with Gasteiger partial charge in [0, 0.05) is 45.3 Å². The molecule has 30 heavy (non-hydrogen) atoms. The predicted octanol–water partition coefficient (Wildman–Crippen LogP) is 3.17. The van der Waals surface area contributed by atoms with Gasteiger partial charge in [-0.25, -0.2) is 9.38 Å². The number of guanidine groups is 1. The number of benzene rings is 1. The first-order chi connectivity index (χ1) is 14.1. The minimum Gasteiger partial charge on any atom is -0.357 e. The van der Waals surface area contributed by atoms with Gasteiger partial charge in [-0.05, 0) is 37.6 Å². The Labute approximate surface area is 176 Å². The van der Waals surface area contributed by atoms with Crippen LogP contribution >= 0.6 is 0 Å². The van der Waals surface area contributed by atoms with Gasteiger partial charge in [0.05, 0.1) is 12.1 Å². The molecule has 0 bridgehead atoms. The van der Waals surface area contributed by atoms with Crippen LogP contribution in [0.5, 0.6) is 0 Å². The Hall–Kier alpha value is -1.87. The number of halogens is 4. The summed E-state index contributed by atoms with van der Waals surface area (Å²) in [4.78, 5) is 9.07. The fraction of sp³-hybridized carbons (Fsp3) is 0.667. The number of aliphatic imine (C=N–C) groups is 1. The van der Waals surface area contributed by atoms with Crippen molar-refractivity contribution in [2.75, 3.05) is 46.3 Å². The summed E-state index contributed by atoms with van der Waals surface area (Å²) in [5.41, 5.74) is -1.04. The third kappa shape index (κ3) is 7.12. The fourth-order valence-electron chi connectivity index (χ4n) is 3.60.